The Kier molecular flexibility index (Phi) is 5.50. The highest BCUT2D eigenvalue weighted by molar-refractivity contribution is 7.92. The van der Waals surface area contributed by atoms with Gasteiger partial charge in [-0.25, -0.2) is 17.2 Å². The number of rotatable bonds is 6. The summed E-state index contributed by atoms with van der Waals surface area (Å²) in [6, 6.07) is 8.80. The summed E-state index contributed by atoms with van der Waals surface area (Å²) >= 11 is 0. The van der Waals surface area contributed by atoms with Crippen molar-refractivity contribution < 1.29 is 26.7 Å². The molecule has 2 aromatic carbocycles. The predicted octanol–water partition coefficient (Wildman–Crippen LogP) is 2.72. The molecule has 0 atom stereocenters. The number of halogens is 2. The molecule has 2 aromatic rings. The number of ether oxygens (including phenoxy) is 1. The van der Waals surface area contributed by atoms with Crippen LogP contribution in [0.5, 0.6) is 0 Å². The van der Waals surface area contributed by atoms with Crippen LogP contribution in [0.3, 0.4) is 0 Å². The van der Waals surface area contributed by atoms with E-state index in [1.54, 1.807) is 6.92 Å². The zero-order chi connectivity index (χ0) is 17.7. The van der Waals surface area contributed by atoms with Crippen molar-refractivity contribution in [3.05, 3.63) is 60.2 Å². The second kappa shape index (κ2) is 7.39. The molecule has 0 fully saturated rings. The van der Waals surface area contributed by atoms with E-state index in [4.69, 9.17) is 4.74 Å². The van der Waals surface area contributed by atoms with Gasteiger partial charge in [-0.3, -0.25) is 9.10 Å². The molecule has 0 aliphatic heterocycles. The van der Waals surface area contributed by atoms with E-state index in [2.05, 4.69) is 0 Å². The summed E-state index contributed by atoms with van der Waals surface area (Å²) in [6.45, 7) is 1.10. The Morgan fingerprint density at radius 2 is 1.50 bits per heavy atom. The zero-order valence-corrected chi connectivity index (χ0v) is 13.6. The van der Waals surface area contributed by atoms with E-state index in [9.17, 15) is 22.0 Å². The van der Waals surface area contributed by atoms with Gasteiger partial charge in [0.25, 0.3) is 10.0 Å². The van der Waals surface area contributed by atoms with Gasteiger partial charge in [-0.1, -0.05) is 0 Å². The molecule has 0 aromatic heterocycles. The molecular weight excluding hydrogens is 340 g/mol. The highest BCUT2D eigenvalue weighted by Gasteiger charge is 2.27. The minimum atomic E-state index is -4.15. The summed E-state index contributed by atoms with van der Waals surface area (Å²) in [5.41, 5.74) is 0.0915. The Balaban J connectivity index is 2.45. The van der Waals surface area contributed by atoms with Crippen molar-refractivity contribution in [3.63, 3.8) is 0 Å². The molecule has 0 unspecified atom stereocenters. The first-order valence-electron chi connectivity index (χ1n) is 7.04. The molecule has 2 rings (SSSR count). The van der Waals surface area contributed by atoms with Gasteiger partial charge >= 0.3 is 5.97 Å². The maximum atomic E-state index is 13.1. The lowest BCUT2D eigenvalue weighted by atomic mass is 10.3. The standard InChI is InChI=1S/C16H15F2NO4S/c1-2-23-16(20)11-19(14-7-3-12(17)4-8-14)24(21,22)15-9-5-13(18)6-10-15/h3-10H,2,11H2,1H3. The number of nitrogens with zero attached hydrogens (tertiary/aromatic N) is 1. The quantitative estimate of drug-likeness (QED) is 0.748. The first-order valence-corrected chi connectivity index (χ1v) is 8.48. The molecule has 0 saturated heterocycles. The first-order chi connectivity index (χ1) is 11.3. The smallest absolute Gasteiger partial charge is 0.326 e. The van der Waals surface area contributed by atoms with Gasteiger partial charge in [0.05, 0.1) is 17.2 Å². The number of anilines is 1. The molecule has 5 nitrogen and oxygen atoms in total. The minimum absolute atomic E-state index is 0.0900. The molecule has 128 valence electrons. The highest BCUT2D eigenvalue weighted by Crippen LogP contribution is 2.24. The number of carbonyl (C=O) groups excluding carboxylic acids is 1. The SMILES string of the molecule is CCOC(=O)CN(c1ccc(F)cc1)S(=O)(=O)c1ccc(F)cc1. The van der Waals surface area contributed by atoms with E-state index in [-0.39, 0.29) is 17.2 Å². The Hall–Kier alpha value is -2.48. The summed E-state index contributed by atoms with van der Waals surface area (Å²) in [7, 11) is -4.15. The van der Waals surface area contributed by atoms with Crippen LogP contribution < -0.4 is 4.31 Å². The average molecular weight is 355 g/mol. The van der Waals surface area contributed by atoms with Gasteiger partial charge in [-0.2, -0.15) is 0 Å². The van der Waals surface area contributed by atoms with Gasteiger partial charge in [0.1, 0.15) is 18.2 Å². The second-order valence-electron chi connectivity index (χ2n) is 4.75. The maximum Gasteiger partial charge on any atom is 0.326 e. The highest BCUT2D eigenvalue weighted by atomic mass is 32.2. The summed E-state index contributed by atoms with van der Waals surface area (Å²) in [5, 5.41) is 0. The van der Waals surface area contributed by atoms with Crippen LogP contribution in [0.2, 0.25) is 0 Å². The largest absolute Gasteiger partial charge is 0.465 e. The Bertz CT molecular complexity index is 805. The second-order valence-corrected chi connectivity index (χ2v) is 6.61. The monoisotopic (exact) mass is 355 g/mol. The van der Waals surface area contributed by atoms with E-state index >= 15 is 0 Å². The molecule has 0 spiro atoms. The number of hydrogen-bond acceptors (Lipinski definition) is 4. The van der Waals surface area contributed by atoms with Crippen LogP contribution in [0, 0.1) is 11.6 Å². The van der Waals surface area contributed by atoms with Gasteiger partial charge in [0.2, 0.25) is 0 Å². The van der Waals surface area contributed by atoms with Gasteiger partial charge < -0.3 is 4.74 Å². The van der Waals surface area contributed by atoms with Crippen LogP contribution in [0.25, 0.3) is 0 Å². The molecule has 0 saturated carbocycles. The van der Waals surface area contributed by atoms with Crippen molar-refractivity contribution in [2.75, 3.05) is 17.5 Å². The maximum absolute atomic E-state index is 13.1. The van der Waals surface area contributed by atoms with Crippen molar-refractivity contribution in [1.29, 1.82) is 0 Å². The summed E-state index contributed by atoms with van der Waals surface area (Å²) in [5.74, 6) is -1.89. The fourth-order valence-corrected chi connectivity index (χ4v) is 3.39. The van der Waals surface area contributed by atoms with Crippen molar-refractivity contribution >= 4 is 21.7 Å². The molecule has 0 amide bonds. The Morgan fingerprint density at radius 3 is 2.00 bits per heavy atom. The lowest BCUT2D eigenvalue weighted by molar-refractivity contribution is -0.141. The van der Waals surface area contributed by atoms with Crippen LogP contribution in [-0.4, -0.2) is 27.5 Å². The van der Waals surface area contributed by atoms with Crippen LogP contribution in [0.15, 0.2) is 53.4 Å². The van der Waals surface area contributed by atoms with Gasteiger partial charge in [0.15, 0.2) is 0 Å². The van der Waals surface area contributed by atoms with E-state index in [0.717, 1.165) is 40.7 Å². The molecule has 0 aliphatic rings. The minimum Gasteiger partial charge on any atom is -0.465 e. The summed E-state index contributed by atoms with van der Waals surface area (Å²) < 4.78 is 57.2. The Labute approximate surface area is 138 Å². The Morgan fingerprint density at radius 1 is 1.00 bits per heavy atom. The summed E-state index contributed by atoms with van der Waals surface area (Å²) in [6.07, 6.45) is 0. The van der Waals surface area contributed by atoms with Crippen LogP contribution in [0.1, 0.15) is 6.92 Å². The predicted molar refractivity (Wildman–Crippen MR) is 84.0 cm³/mol. The molecular formula is C16H15F2NO4S. The number of hydrogen-bond donors (Lipinski definition) is 0. The van der Waals surface area contributed by atoms with Gasteiger partial charge in [-0.05, 0) is 55.5 Å². The summed E-state index contributed by atoms with van der Waals surface area (Å²) in [4.78, 5) is 11.6. The lowest BCUT2D eigenvalue weighted by Crippen LogP contribution is -2.36. The molecule has 0 N–H and O–H groups in total. The zero-order valence-electron chi connectivity index (χ0n) is 12.8. The van der Waals surface area contributed by atoms with Crippen LogP contribution >= 0.6 is 0 Å². The third-order valence-electron chi connectivity index (χ3n) is 3.09. The number of carbonyl (C=O) groups is 1. The average Bonchev–Trinajstić information content (AvgIpc) is 2.54. The van der Waals surface area contributed by atoms with Gasteiger partial charge in [-0.15, -0.1) is 0 Å². The van der Waals surface area contributed by atoms with Crippen molar-refractivity contribution in [2.24, 2.45) is 0 Å². The van der Waals surface area contributed by atoms with Crippen LogP contribution in [0.4, 0.5) is 14.5 Å². The molecule has 0 bridgehead atoms. The lowest BCUT2D eigenvalue weighted by Gasteiger charge is -2.23. The number of benzene rings is 2. The van der Waals surface area contributed by atoms with Crippen LogP contribution in [-0.2, 0) is 19.6 Å². The molecule has 0 aliphatic carbocycles. The van der Waals surface area contributed by atoms with Crippen molar-refractivity contribution in [1.82, 2.24) is 0 Å². The van der Waals surface area contributed by atoms with E-state index in [0.29, 0.717) is 0 Å². The van der Waals surface area contributed by atoms with E-state index in [1.807, 2.05) is 0 Å². The van der Waals surface area contributed by atoms with Gasteiger partial charge in [0, 0.05) is 0 Å². The fourth-order valence-electron chi connectivity index (χ4n) is 1.98. The normalized spacial score (nSPS) is 11.1. The topological polar surface area (TPSA) is 63.7 Å². The van der Waals surface area contributed by atoms with Crippen molar-refractivity contribution in [3.8, 4) is 0 Å². The van der Waals surface area contributed by atoms with E-state index in [1.165, 1.54) is 12.1 Å². The third kappa shape index (κ3) is 4.08. The molecule has 0 radical (unpaired) electrons. The fraction of sp³-hybridized carbons (Fsp3) is 0.188. The third-order valence-corrected chi connectivity index (χ3v) is 4.88. The number of esters is 1. The molecule has 24 heavy (non-hydrogen) atoms. The first kappa shape index (κ1) is 17.9. The molecule has 0 heterocycles. The molecule has 8 heteroatoms. The van der Waals surface area contributed by atoms with E-state index < -0.39 is 34.2 Å². The van der Waals surface area contributed by atoms with Crippen molar-refractivity contribution in [2.45, 2.75) is 11.8 Å². The number of sulfonamides is 1.